The van der Waals surface area contributed by atoms with E-state index in [-0.39, 0.29) is 12.2 Å². The molecule has 0 saturated carbocycles. The van der Waals surface area contributed by atoms with Crippen LogP contribution in [0.3, 0.4) is 0 Å². The molecular weight excluding hydrogens is 196 g/mol. The third-order valence-corrected chi connectivity index (χ3v) is 2.30. The van der Waals surface area contributed by atoms with E-state index in [0.29, 0.717) is 18.4 Å². The number of aliphatic carboxylic acids is 1. The van der Waals surface area contributed by atoms with Crippen molar-refractivity contribution in [2.24, 2.45) is 0 Å². The number of hydrogen-bond donors (Lipinski definition) is 1. The Balaban J connectivity index is 2.81. The van der Waals surface area contributed by atoms with E-state index in [2.05, 4.69) is 6.58 Å². The molecule has 1 N–H and O–H groups in total. The Bertz CT molecular complexity index is 315. The summed E-state index contributed by atoms with van der Waals surface area (Å²) in [7, 11) is 0. The lowest BCUT2D eigenvalue weighted by molar-refractivity contribution is -0.139. The van der Waals surface area contributed by atoms with Gasteiger partial charge in [0.05, 0.1) is 0 Å². The summed E-state index contributed by atoms with van der Waals surface area (Å²) in [5.74, 6) is -1.53. The van der Waals surface area contributed by atoms with Gasteiger partial charge >= 0.3 is 11.9 Å². The number of carbonyl (C=O) groups is 2. The lowest BCUT2D eigenvalue weighted by Crippen LogP contribution is -2.17. The van der Waals surface area contributed by atoms with Crippen molar-refractivity contribution in [2.45, 2.75) is 25.7 Å². The molecular formula is C11H14O4. The quantitative estimate of drug-likeness (QED) is 0.566. The molecule has 1 aliphatic rings. The topological polar surface area (TPSA) is 63.6 Å². The van der Waals surface area contributed by atoms with Gasteiger partial charge in [-0.3, -0.25) is 0 Å². The van der Waals surface area contributed by atoms with Gasteiger partial charge in [-0.05, 0) is 25.7 Å². The second-order valence-electron chi connectivity index (χ2n) is 3.36. The Kier molecular flexibility index (Phi) is 4.09. The maximum atomic E-state index is 11.5. The normalized spacial score (nSPS) is 16.0. The van der Waals surface area contributed by atoms with E-state index in [4.69, 9.17) is 9.84 Å². The van der Waals surface area contributed by atoms with Crippen molar-refractivity contribution in [3.8, 4) is 0 Å². The van der Waals surface area contributed by atoms with Crippen molar-refractivity contribution in [3.05, 3.63) is 23.8 Å². The number of ether oxygens (including phenoxy) is 1. The standard InChI is InChI=1S/C11H14O4/c1-2-7-15-11(14)9-6-4-3-5-8(9)10(12)13/h2H,1,3-7H2,(H,12,13). The molecule has 0 aliphatic heterocycles. The summed E-state index contributed by atoms with van der Waals surface area (Å²) >= 11 is 0. The van der Waals surface area contributed by atoms with Crippen LogP contribution in [0, 0.1) is 0 Å². The highest BCUT2D eigenvalue weighted by atomic mass is 16.5. The van der Waals surface area contributed by atoms with Gasteiger partial charge in [0.25, 0.3) is 0 Å². The van der Waals surface area contributed by atoms with Gasteiger partial charge in [0.2, 0.25) is 0 Å². The van der Waals surface area contributed by atoms with E-state index in [1.807, 2.05) is 0 Å². The third kappa shape index (κ3) is 2.94. The van der Waals surface area contributed by atoms with Gasteiger partial charge in [0.15, 0.2) is 0 Å². The van der Waals surface area contributed by atoms with Crippen LogP contribution in [0.4, 0.5) is 0 Å². The first-order chi connectivity index (χ1) is 7.16. The number of rotatable bonds is 4. The third-order valence-electron chi connectivity index (χ3n) is 2.30. The van der Waals surface area contributed by atoms with Crippen molar-refractivity contribution < 1.29 is 19.4 Å². The van der Waals surface area contributed by atoms with E-state index in [1.165, 1.54) is 6.08 Å². The summed E-state index contributed by atoms with van der Waals surface area (Å²) in [6.45, 7) is 3.54. The number of esters is 1. The van der Waals surface area contributed by atoms with Gasteiger partial charge in [0.1, 0.15) is 6.61 Å². The summed E-state index contributed by atoms with van der Waals surface area (Å²) in [5.41, 5.74) is 0.519. The molecule has 0 atom stereocenters. The molecule has 0 bridgehead atoms. The molecule has 0 fully saturated rings. The molecule has 82 valence electrons. The SMILES string of the molecule is C=CCOC(=O)C1=C(C(=O)O)CCCC1. The molecule has 0 aromatic rings. The smallest absolute Gasteiger partial charge is 0.334 e. The molecule has 0 spiro atoms. The predicted octanol–water partition coefficient (Wildman–Crippen LogP) is 1.67. The van der Waals surface area contributed by atoms with Crippen molar-refractivity contribution in [3.63, 3.8) is 0 Å². The lowest BCUT2D eigenvalue weighted by Gasteiger charge is -2.15. The van der Waals surface area contributed by atoms with Crippen LogP contribution in [0.2, 0.25) is 0 Å². The molecule has 0 aromatic heterocycles. The molecule has 1 aliphatic carbocycles. The van der Waals surface area contributed by atoms with Crippen LogP contribution in [0.1, 0.15) is 25.7 Å². The minimum absolute atomic E-state index is 0.120. The zero-order valence-electron chi connectivity index (χ0n) is 8.49. The van der Waals surface area contributed by atoms with E-state index in [9.17, 15) is 9.59 Å². The van der Waals surface area contributed by atoms with Crippen LogP contribution in [-0.2, 0) is 14.3 Å². The van der Waals surface area contributed by atoms with Gasteiger partial charge < -0.3 is 9.84 Å². The average Bonchev–Trinajstić information content (AvgIpc) is 2.25. The first-order valence-corrected chi connectivity index (χ1v) is 4.90. The highest BCUT2D eigenvalue weighted by molar-refractivity contribution is 5.99. The van der Waals surface area contributed by atoms with Gasteiger partial charge in [-0.2, -0.15) is 0 Å². The average molecular weight is 210 g/mol. The molecule has 0 radical (unpaired) electrons. The fourth-order valence-electron chi connectivity index (χ4n) is 1.59. The van der Waals surface area contributed by atoms with Crippen LogP contribution in [-0.4, -0.2) is 23.7 Å². The highest BCUT2D eigenvalue weighted by Gasteiger charge is 2.24. The fraction of sp³-hybridized carbons (Fsp3) is 0.455. The molecule has 15 heavy (non-hydrogen) atoms. The Hall–Kier alpha value is -1.58. The lowest BCUT2D eigenvalue weighted by atomic mass is 9.92. The number of hydrogen-bond acceptors (Lipinski definition) is 3. The fourth-order valence-corrected chi connectivity index (χ4v) is 1.59. The number of carbonyl (C=O) groups excluding carboxylic acids is 1. The second-order valence-corrected chi connectivity index (χ2v) is 3.36. The summed E-state index contributed by atoms with van der Waals surface area (Å²) < 4.78 is 4.83. The molecule has 1 rings (SSSR count). The summed E-state index contributed by atoms with van der Waals surface area (Å²) in [6.07, 6.45) is 4.07. The zero-order valence-corrected chi connectivity index (χ0v) is 8.49. The summed E-state index contributed by atoms with van der Waals surface area (Å²) in [6, 6.07) is 0. The van der Waals surface area contributed by atoms with Crippen molar-refractivity contribution in [1.82, 2.24) is 0 Å². The molecule has 0 saturated heterocycles. The summed E-state index contributed by atoms with van der Waals surface area (Å²) in [4.78, 5) is 22.3. The van der Waals surface area contributed by atoms with E-state index >= 15 is 0 Å². The summed E-state index contributed by atoms with van der Waals surface area (Å²) in [5, 5.41) is 8.90. The Morgan fingerprint density at radius 2 is 1.93 bits per heavy atom. The molecule has 0 unspecified atom stereocenters. The van der Waals surface area contributed by atoms with E-state index < -0.39 is 11.9 Å². The monoisotopic (exact) mass is 210 g/mol. The van der Waals surface area contributed by atoms with Crippen LogP contribution in [0.15, 0.2) is 23.8 Å². The van der Waals surface area contributed by atoms with Crippen LogP contribution in [0.25, 0.3) is 0 Å². The zero-order chi connectivity index (χ0) is 11.3. The van der Waals surface area contributed by atoms with Crippen molar-refractivity contribution in [2.75, 3.05) is 6.61 Å². The maximum Gasteiger partial charge on any atom is 0.334 e. The second kappa shape index (κ2) is 5.34. The van der Waals surface area contributed by atoms with Crippen LogP contribution in [0.5, 0.6) is 0 Å². The Morgan fingerprint density at radius 3 is 2.47 bits per heavy atom. The van der Waals surface area contributed by atoms with Gasteiger partial charge in [-0.1, -0.05) is 12.7 Å². The molecule has 4 nitrogen and oxygen atoms in total. The number of carboxylic acid groups (broad SMARTS) is 1. The van der Waals surface area contributed by atoms with E-state index in [1.54, 1.807) is 0 Å². The molecule has 0 amide bonds. The highest BCUT2D eigenvalue weighted by Crippen LogP contribution is 2.25. The van der Waals surface area contributed by atoms with Crippen molar-refractivity contribution in [1.29, 1.82) is 0 Å². The minimum atomic E-state index is -1.01. The van der Waals surface area contributed by atoms with Crippen LogP contribution < -0.4 is 0 Å². The Morgan fingerprint density at radius 1 is 1.33 bits per heavy atom. The first-order valence-electron chi connectivity index (χ1n) is 4.90. The maximum absolute atomic E-state index is 11.5. The van der Waals surface area contributed by atoms with Gasteiger partial charge in [0, 0.05) is 11.1 Å². The predicted molar refractivity (Wildman–Crippen MR) is 54.3 cm³/mol. The van der Waals surface area contributed by atoms with Crippen LogP contribution >= 0.6 is 0 Å². The Labute approximate surface area is 88.2 Å². The molecule has 4 heteroatoms. The number of carboxylic acids is 1. The van der Waals surface area contributed by atoms with Gasteiger partial charge in [-0.25, -0.2) is 9.59 Å². The largest absolute Gasteiger partial charge is 0.478 e. The van der Waals surface area contributed by atoms with Crippen molar-refractivity contribution >= 4 is 11.9 Å². The van der Waals surface area contributed by atoms with Gasteiger partial charge in [-0.15, -0.1) is 0 Å². The molecule has 0 aromatic carbocycles. The van der Waals surface area contributed by atoms with E-state index in [0.717, 1.165) is 12.8 Å². The first kappa shape index (κ1) is 11.5. The molecule has 0 heterocycles. The minimum Gasteiger partial charge on any atom is -0.478 e.